The Labute approximate surface area is 141 Å². The second-order valence-electron chi connectivity index (χ2n) is 8.24. The predicted molar refractivity (Wildman–Crippen MR) is 95.0 cm³/mol. The van der Waals surface area contributed by atoms with Crippen LogP contribution < -0.4 is 0 Å². The van der Waals surface area contributed by atoms with Crippen molar-refractivity contribution in [2.75, 3.05) is 0 Å². The smallest absolute Gasteiger partial charge is 0.0583 e. The van der Waals surface area contributed by atoms with Gasteiger partial charge < -0.3 is 10.2 Å². The van der Waals surface area contributed by atoms with Crippen LogP contribution in [0.4, 0.5) is 0 Å². The Morgan fingerprint density at radius 2 is 1.91 bits per heavy atom. The number of fused-ring (bicyclic) bond motifs is 1. The van der Waals surface area contributed by atoms with Crippen LogP contribution in [0.15, 0.2) is 35.5 Å². The zero-order valence-electron chi connectivity index (χ0n) is 14.7. The van der Waals surface area contributed by atoms with Gasteiger partial charge in [-0.1, -0.05) is 50.1 Å². The third-order valence-electron chi connectivity index (χ3n) is 6.81. The summed E-state index contributed by atoms with van der Waals surface area (Å²) in [6.45, 7) is 8.84. The molecule has 3 aliphatic rings. The monoisotopic (exact) mass is 316 g/mol. The van der Waals surface area contributed by atoms with Gasteiger partial charge in [-0.15, -0.1) is 0 Å². The molecule has 3 fully saturated rings. The minimum absolute atomic E-state index is 0.201. The molecule has 3 rings (SSSR count). The molecule has 0 spiro atoms. The fraction of sp³-hybridized carbons (Fsp3) is 0.714. The number of aliphatic hydroxyl groups excluding tert-OH is 2. The molecule has 3 saturated carbocycles. The van der Waals surface area contributed by atoms with Crippen LogP contribution >= 0.6 is 0 Å². The van der Waals surface area contributed by atoms with Gasteiger partial charge in [0.15, 0.2) is 0 Å². The van der Waals surface area contributed by atoms with Gasteiger partial charge in [0.05, 0.1) is 12.2 Å². The van der Waals surface area contributed by atoms with Crippen molar-refractivity contribution in [3.8, 4) is 0 Å². The summed E-state index contributed by atoms with van der Waals surface area (Å²) in [5.74, 6) is 1.36. The van der Waals surface area contributed by atoms with Gasteiger partial charge in [0.1, 0.15) is 0 Å². The van der Waals surface area contributed by atoms with Crippen LogP contribution in [0.5, 0.6) is 0 Å². The van der Waals surface area contributed by atoms with Crippen LogP contribution in [0.25, 0.3) is 0 Å². The Morgan fingerprint density at radius 3 is 2.65 bits per heavy atom. The van der Waals surface area contributed by atoms with E-state index in [4.69, 9.17) is 0 Å². The van der Waals surface area contributed by atoms with E-state index in [0.29, 0.717) is 5.92 Å². The van der Waals surface area contributed by atoms with Crippen molar-refractivity contribution in [2.24, 2.45) is 17.3 Å². The molecular weight excluding hydrogens is 284 g/mol. The third-order valence-corrected chi connectivity index (χ3v) is 6.81. The lowest BCUT2D eigenvalue weighted by Gasteiger charge is -2.44. The SMILES string of the molecule is C=C1CC[C@@H](O)C/C1=C/C=C1\C[C@H](O)C[C@]2(C)[C@@H](CC)CC[C@@H]12. The largest absolute Gasteiger partial charge is 0.393 e. The van der Waals surface area contributed by atoms with Gasteiger partial charge in [0, 0.05) is 0 Å². The van der Waals surface area contributed by atoms with Gasteiger partial charge in [0.2, 0.25) is 0 Å². The molecule has 0 aromatic heterocycles. The summed E-state index contributed by atoms with van der Waals surface area (Å²) in [6, 6.07) is 0. The van der Waals surface area contributed by atoms with Crippen LogP contribution in [0, 0.1) is 17.3 Å². The molecule has 5 atom stereocenters. The van der Waals surface area contributed by atoms with Crippen molar-refractivity contribution in [1.82, 2.24) is 0 Å². The van der Waals surface area contributed by atoms with E-state index in [2.05, 4.69) is 32.6 Å². The summed E-state index contributed by atoms with van der Waals surface area (Å²) in [5, 5.41) is 20.3. The first-order valence-electron chi connectivity index (χ1n) is 9.38. The van der Waals surface area contributed by atoms with Gasteiger partial charge in [-0.05, 0) is 67.8 Å². The minimum atomic E-state index is -0.219. The van der Waals surface area contributed by atoms with Crippen LogP contribution in [0.1, 0.15) is 65.2 Å². The number of allylic oxidation sites excluding steroid dienone is 3. The molecule has 0 aliphatic heterocycles. The Kier molecular flexibility index (Phi) is 4.85. The van der Waals surface area contributed by atoms with E-state index < -0.39 is 0 Å². The molecule has 0 bridgehead atoms. The van der Waals surface area contributed by atoms with Crippen LogP contribution in [-0.4, -0.2) is 22.4 Å². The Morgan fingerprint density at radius 1 is 1.13 bits per heavy atom. The van der Waals surface area contributed by atoms with E-state index in [0.717, 1.165) is 38.0 Å². The average Bonchev–Trinajstić information content (AvgIpc) is 2.83. The summed E-state index contributed by atoms with van der Waals surface area (Å²) in [5.41, 5.74) is 4.05. The first-order chi connectivity index (χ1) is 10.9. The zero-order chi connectivity index (χ0) is 16.6. The maximum Gasteiger partial charge on any atom is 0.0583 e. The third kappa shape index (κ3) is 3.21. The highest BCUT2D eigenvalue weighted by molar-refractivity contribution is 5.36. The first-order valence-corrected chi connectivity index (χ1v) is 9.38. The van der Waals surface area contributed by atoms with Crippen molar-refractivity contribution in [2.45, 2.75) is 77.4 Å². The molecule has 2 heteroatoms. The molecule has 0 saturated heterocycles. The number of hydrogen-bond donors (Lipinski definition) is 2. The Bertz CT molecular complexity index is 530. The quantitative estimate of drug-likeness (QED) is 0.785. The lowest BCUT2D eigenvalue weighted by molar-refractivity contribution is 0.0326. The fourth-order valence-electron chi connectivity index (χ4n) is 5.47. The maximum atomic E-state index is 10.4. The van der Waals surface area contributed by atoms with Crippen molar-refractivity contribution in [3.63, 3.8) is 0 Å². The minimum Gasteiger partial charge on any atom is -0.393 e. The van der Waals surface area contributed by atoms with Crippen LogP contribution in [0.2, 0.25) is 0 Å². The van der Waals surface area contributed by atoms with Gasteiger partial charge in [-0.2, -0.15) is 0 Å². The molecule has 0 amide bonds. The first kappa shape index (κ1) is 17.0. The number of aliphatic hydroxyl groups is 2. The van der Waals surface area contributed by atoms with Gasteiger partial charge in [0.25, 0.3) is 0 Å². The summed E-state index contributed by atoms with van der Waals surface area (Å²) >= 11 is 0. The van der Waals surface area contributed by atoms with E-state index in [1.807, 2.05) is 0 Å². The molecule has 0 heterocycles. The maximum absolute atomic E-state index is 10.4. The molecule has 2 N–H and O–H groups in total. The van der Waals surface area contributed by atoms with Crippen molar-refractivity contribution in [1.29, 1.82) is 0 Å². The van der Waals surface area contributed by atoms with E-state index in [1.54, 1.807) is 0 Å². The molecule has 0 radical (unpaired) electrons. The highest BCUT2D eigenvalue weighted by atomic mass is 16.3. The lowest BCUT2D eigenvalue weighted by atomic mass is 9.62. The summed E-state index contributed by atoms with van der Waals surface area (Å²) in [4.78, 5) is 0. The highest BCUT2D eigenvalue weighted by Gasteiger charge is 2.50. The molecule has 128 valence electrons. The van der Waals surface area contributed by atoms with Gasteiger partial charge in [-0.25, -0.2) is 0 Å². The molecule has 3 aliphatic carbocycles. The molecular formula is C21H32O2. The molecule has 0 unspecified atom stereocenters. The average molecular weight is 316 g/mol. The van der Waals surface area contributed by atoms with Crippen LogP contribution in [-0.2, 0) is 0 Å². The topological polar surface area (TPSA) is 40.5 Å². The highest BCUT2D eigenvalue weighted by Crippen LogP contribution is 2.58. The number of rotatable bonds is 2. The molecule has 2 nitrogen and oxygen atoms in total. The zero-order valence-corrected chi connectivity index (χ0v) is 14.7. The van der Waals surface area contributed by atoms with E-state index in [-0.39, 0.29) is 17.6 Å². The normalized spacial score (nSPS) is 44.8. The van der Waals surface area contributed by atoms with Crippen LogP contribution in [0.3, 0.4) is 0 Å². The van der Waals surface area contributed by atoms with Crippen molar-refractivity contribution < 1.29 is 10.2 Å². The number of hydrogen-bond acceptors (Lipinski definition) is 2. The van der Waals surface area contributed by atoms with E-state index >= 15 is 0 Å². The summed E-state index contributed by atoms with van der Waals surface area (Å²) in [7, 11) is 0. The molecule has 0 aromatic rings. The summed E-state index contributed by atoms with van der Waals surface area (Å²) in [6.07, 6.45) is 12.0. The molecule has 23 heavy (non-hydrogen) atoms. The van der Waals surface area contributed by atoms with E-state index in [1.165, 1.54) is 36.0 Å². The Hall–Kier alpha value is -0.860. The predicted octanol–water partition coefficient (Wildman–Crippen LogP) is 4.54. The van der Waals surface area contributed by atoms with Crippen molar-refractivity contribution >= 4 is 0 Å². The van der Waals surface area contributed by atoms with Crippen molar-refractivity contribution in [3.05, 3.63) is 35.5 Å². The molecule has 0 aromatic carbocycles. The lowest BCUT2D eigenvalue weighted by Crippen LogP contribution is -2.38. The van der Waals surface area contributed by atoms with Gasteiger partial charge >= 0.3 is 0 Å². The Balaban J connectivity index is 1.85. The van der Waals surface area contributed by atoms with Gasteiger partial charge in [-0.3, -0.25) is 0 Å². The second kappa shape index (κ2) is 6.57. The second-order valence-corrected chi connectivity index (χ2v) is 8.24. The van der Waals surface area contributed by atoms with E-state index in [9.17, 15) is 10.2 Å². The fourth-order valence-corrected chi connectivity index (χ4v) is 5.47. The summed E-state index contributed by atoms with van der Waals surface area (Å²) < 4.78 is 0. The standard InChI is InChI=1S/C21H32O2/c1-4-17-8-10-20-16(12-19(23)13-21(17,20)3)7-6-15-11-18(22)9-5-14(15)2/h6-7,17-20,22-23H,2,4-5,8-13H2,1,3H3/b15-6-,16-7+/t17-,18+,19-,20-,21+/m0/s1.